The van der Waals surface area contributed by atoms with Crippen LogP contribution in [0.1, 0.15) is 17.9 Å². The average Bonchev–Trinajstić information content (AvgIpc) is 3.12. The summed E-state index contributed by atoms with van der Waals surface area (Å²) in [6, 6.07) is 8.08. The minimum atomic E-state index is 0.489. The number of para-hydroxylation sites is 1. The zero-order chi connectivity index (χ0) is 12.8. The van der Waals surface area contributed by atoms with Gasteiger partial charge in [-0.15, -0.1) is 0 Å². The van der Waals surface area contributed by atoms with Gasteiger partial charge in [0.15, 0.2) is 0 Å². The van der Waals surface area contributed by atoms with Crippen LogP contribution in [0.25, 0.3) is 22.2 Å². The molecular weight excluding hydrogens is 238 g/mol. The molecule has 4 nitrogen and oxygen atoms in total. The monoisotopic (exact) mass is 253 g/mol. The summed E-state index contributed by atoms with van der Waals surface area (Å²) < 4.78 is 7.89. The van der Waals surface area contributed by atoms with Crippen molar-refractivity contribution in [3.05, 3.63) is 42.0 Å². The third-order valence-electron chi connectivity index (χ3n) is 3.87. The van der Waals surface area contributed by atoms with Gasteiger partial charge in [0.05, 0.1) is 12.2 Å². The van der Waals surface area contributed by atoms with E-state index in [-0.39, 0.29) is 0 Å². The van der Waals surface area contributed by atoms with Gasteiger partial charge in [-0.2, -0.15) is 0 Å². The normalized spacial score (nSPS) is 14.2. The first-order chi connectivity index (χ1) is 9.38. The lowest BCUT2D eigenvalue weighted by molar-refractivity contribution is 0.616. The van der Waals surface area contributed by atoms with Crippen LogP contribution in [0, 0.1) is 0 Å². The maximum atomic E-state index is 5.80. The second kappa shape index (κ2) is 3.96. The van der Waals surface area contributed by atoms with E-state index < -0.39 is 0 Å². The molecule has 0 saturated carbocycles. The summed E-state index contributed by atoms with van der Waals surface area (Å²) in [6.07, 6.45) is 4.06. The second-order valence-electron chi connectivity index (χ2n) is 4.93. The Kier molecular flexibility index (Phi) is 2.26. The van der Waals surface area contributed by atoms with Crippen molar-refractivity contribution in [2.45, 2.75) is 25.9 Å². The number of hydrogen-bond donors (Lipinski definition) is 1. The number of benzene rings is 1. The Balaban J connectivity index is 1.98. The first kappa shape index (κ1) is 10.8. The summed E-state index contributed by atoms with van der Waals surface area (Å²) >= 11 is 0. The molecule has 0 radical (unpaired) electrons. The van der Waals surface area contributed by atoms with Crippen molar-refractivity contribution in [2.24, 2.45) is 5.73 Å². The topological polar surface area (TPSA) is 57.0 Å². The van der Waals surface area contributed by atoms with Crippen LogP contribution in [0.5, 0.6) is 0 Å². The highest BCUT2D eigenvalue weighted by atomic mass is 16.3. The number of nitrogens with two attached hydrogens (primary N) is 1. The molecule has 1 aliphatic heterocycles. The first-order valence-corrected chi connectivity index (χ1v) is 6.63. The van der Waals surface area contributed by atoms with Crippen molar-refractivity contribution < 1.29 is 4.42 Å². The van der Waals surface area contributed by atoms with Gasteiger partial charge in [0.2, 0.25) is 0 Å². The second-order valence-corrected chi connectivity index (χ2v) is 4.93. The summed E-state index contributed by atoms with van der Waals surface area (Å²) in [7, 11) is 0. The highest BCUT2D eigenvalue weighted by Crippen LogP contribution is 2.35. The predicted octanol–water partition coefficient (Wildman–Crippen LogP) is 2.70. The lowest BCUT2D eigenvalue weighted by atomic mass is 10.1. The summed E-state index contributed by atoms with van der Waals surface area (Å²) in [5, 5.41) is 1.12. The van der Waals surface area contributed by atoms with Crippen molar-refractivity contribution in [1.29, 1.82) is 0 Å². The maximum Gasteiger partial charge on any atom is 0.134 e. The van der Waals surface area contributed by atoms with Gasteiger partial charge in [-0.05, 0) is 18.9 Å². The smallest absolute Gasteiger partial charge is 0.134 e. The summed E-state index contributed by atoms with van der Waals surface area (Å²) in [6.45, 7) is 1.52. The molecule has 0 fully saturated rings. The fraction of sp³-hybridized carbons (Fsp3) is 0.267. The van der Waals surface area contributed by atoms with Gasteiger partial charge in [0.1, 0.15) is 17.7 Å². The number of aromatic nitrogens is 2. The molecule has 96 valence electrons. The third-order valence-corrected chi connectivity index (χ3v) is 3.87. The molecule has 4 heteroatoms. The van der Waals surface area contributed by atoms with E-state index in [2.05, 4.69) is 10.6 Å². The first-order valence-electron chi connectivity index (χ1n) is 6.63. The molecule has 3 aromatic rings. The van der Waals surface area contributed by atoms with E-state index in [9.17, 15) is 0 Å². The zero-order valence-electron chi connectivity index (χ0n) is 10.6. The summed E-state index contributed by atoms with van der Waals surface area (Å²) in [5.74, 6) is 0.979. The Hall–Kier alpha value is -2.07. The Morgan fingerprint density at radius 2 is 2.21 bits per heavy atom. The molecule has 0 saturated heterocycles. The molecule has 2 aromatic heterocycles. The molecule has 0 atom stereocenters. The van der Waals surface area contributed by atoms with Crippen molar-refractivity contribution in [2.75, 3.05) is 0 Å². The standard InChI is InChI=1S/C15H15N3O/c16-8-14-17-15(12-5-3-7-18(12)14)11-9-19-13-6-2-1-4-10(11)13/h1-2,4,6,9H,3,5,7-8,16H2. The maximum absolute atomic E-state index is 5.80. The number of fused-ring (bicyclic) bond motifs is 2. The van der Waals surface area contributed by atoms with E-state index in [1.54, 1.807) is 0 Å². The van der Waals surface area contributed by atoms with Crippen LogP contribution in [0.3, 0.4) is 0 Å². The van der Waals surface area contributed by atoms with Gasteiger partial charge in [-0.1, -0.05) is 18.2 Å². The largest absolute Gasteiger partial charge is 0.464 e. The number of rotatable bonds is 2. The fourth-order valence-corrected chi connectivity index (χ4v) is 2.99. The lowest BCUT2D eigenvalue weighted by Crippen LogP contribution is -2.06. The van der Waals surface area contributed by atoms with Gasteiger partial charge in [-0.3, -0.25) is 0 Å². The third kappa shape index (κ3) is 1.47. The number of furan rings is 1. The Bertz CT molecular complexity index is 754. The minimum Gasteiger partial charge on any atom is -0.464 e. The Morgan fingerprint density at radius 1 is 1.32 bits per heavy atom. The van der Waals surface area contributed by atoms with E-state index >= 15 is 0 Å². The van der Waals surface area contributed by atoms with Crippen LogP contribution in [0.2, 0.25) is 0 Å². The molecule has 0 spiro atoms. The van der Waals surface area contributed by atoms with Crippen molar-refractivity contribution in [3.8, 4) is 11.3 Å². The van der Waals surface area contributed by atoms with Crippen LogP contribution in [0.15, 0.2) is 34.9 Å². The molecule has 19 heavy (non-hydrogen) atoms. The molecule has 1 aliphatic rings. The molecule has 0 aliphatic carbocycles. The van der Waals surface area contributed by atoms with Crippen LogP contribution < -0.4 is 5.73 Å². The fourth-order valence-electron chi connectivity index (χ4n) is 2.99. The van der Waals surface area contributed by atoms with Crippen molar-refractivity contribution in [3.63, 3.8) is 0 Å². The van der Waals surface area contributed by atoms with Crippen molar-refractivity contribution >= 4 is 11.0 Å². The van der Waals surface area contributed by atoms with Gasteiger partial charge in [0.25, 0.3) is 0 Å². The molecule has 1 aromatic carbocycles. The average molecular weight is 253 g/mol. The SMILES string of the molecule is NCc1nc(-c2coc3ccccc23)c2n1CCC2. The van der Waals surface area contributed by atoms with Crippen LogP contribution in [-0.4, -0.2) is 9.55 Å². The zero-order valence-corrected chi connectivity index (χ0v) is 10.6. The van der Waals surface area contributed by atoms with E-state index in [0.717, 1.165) is 41.0 Å². The molecule has 0 bridgehead atoms. The van der Waals surface area contributed by atoms with Gasteiger partial charge in [0, 0.05) is 23.2 Å². The molecule has 2 N–H and O–H groups in total. The van der Waals surface area contributed by atoms with Crippen LogP contribution in [-0.2, 0) is 19.5 Å². The number of hydrogen-bond acceptors (Lipinski definition) is 3. The van der Waals surface area contributed by atoms with Gasteiger partial charge in [-0.25, -0.2) is 4.98 Å². The quantitative estimate of drug-likeness (QED) is 0.764. The highest BCUT2D eigenvalue weighted by Gasteiger charge is 2.23. The van der Waals surface area contributed by atoms with E-state index in [0.29, 0.717) is 6.54 Å². The number of imidazole rings is 1. The van der Waals surface area contributed by atoms with Crippen LogP contribution in [0.4, 0.5) is 0 Å². The minimum absolute atomic E-state index is 0.489. The predicted molar refractivity (Wildman–Crippen MR) is 73.6 cm³/mol. The molecule has 3 heterocycles. The van der Waals surface area contributed by atoms with Crippen molar-refractivity contribution in [1.82, 2.24) is 9.55 Å². The molecule has 4 rings (SSSR count). The number of nitrogens with zero attached hydrogens (tertiary/aromatic N) is 2. The van der Waals surface area contributed by atoms with E-state index in [4.69, 9.17) is 15.1 Å². The van der Waals surface area contributed by atoms with E-state index in [1.807, 2.05) is 24.5 Å². The Labute approximate surface area is 110 Å². The molecule has 0 unspecified atom stereocenters. The van der Waals surface area contributed by atoms with Gasteiger partial charge < -0.3 is 14.7 Å². The molecular formula is C15H15N3O. The molecule has 0 amide bonds. The summed E-state index contributed by atoms with van der Waals surface area (Å²) in [4.78, 5) is 4.72. The summed E-state index contributed by atoms with van der Waals surface area (Å²) in [5.41, 5.74) is 10.1. The van der Waals surface area contributed by atoms with E-state index in [1.165, 1.54) is 12.1 Å². The highest BCUT2D eigenvalue weighted by molar-refractivity contribution is 5.93. The van der Waals surface area contributed by atoms with Gasteiger partial charge >= 0.3 is 0 Å². The lowest BCUT2D eigenvalue weighted by Gasteiger charge is -1.99. The Morgan fingerprint density at radius 3 is 3.11 bits per heavy atom. The van der Waals surface area contributed by atoms with Crippen LogP contribution >= 0.6 is 0 Å².